The fraction of sp³-hybridized carbons (Fsp3) is 0.391. The first-order valence-electron chi connectivity index (χ1n) is 9.62. The van der Waals surface area contributed by atoms with Crippen LogP contribution in [0.2, 0.25) is 0 Å². The summed E-state index contributed by atoms with van der Waals surface area (Å²) < 4.78 is 10.4. The van der Waals surface area contributed by atoms with Gasteiger partial charge in [-0.25, -0.2) is 9.59 Å². The zero-order valence-corrected chi connectivity index (χ0v) is 18.0. The second kappa shape index (κ2) is 8.55. The number of benzene rings is 1. The van der Waals surface area contributed by atoms with Crippen molar-refractivity contribution >= 4 is 29.0 Å². The quantitative estimate of drug-likeness (QED) is 0.405. The largest absolute Gasteiger partial charge is 0.461 e. The Kier molecular flexibility index (Phi) is 6.57. The zero-order valence-electron chi connectivity index (χ0n) is 18.0. The van der Waals surface area contributed by atoms with Crippen LogP contribution in [0.4, 0.5) is 4.79 Å². The highest BCUT2D eigenvalue weighted by Crippen LogP contribution is 2.33. The van der Waals surface area contributed by atoms with Crippen molar-refractivity contribution in [2.75, 3.05) is 6.61 Å². The molecule has 0 aliphatic rings. The Hall–Kier alpha value is -3.02. The summed E-state index contributed by atoms with van der Waals surface area (Å²) in [6.45, 7) is 15.1. The number of ether oxygens (including phenoxy) is 2. The molecule has 2 aromatic rings. The Bertz CT molecular complexity index is 945. The molecule has 156 valence electrons. The van der Waals surface area contributed by atoms with Crippen LogP contribution < -0.4 is 5.32 Å². The number of fused-ring (bicyclic) bond motifs is 1. The molecule has 29 heavy (non-hydrogen) atoms. The van der Waals surface area contributed by atoms with E-state index >= 15 is 0 Å². The van der Waals surface area contributed by atoms with Crippen molar-refractivity contribution in [3.05, 3.63) is 53.9 Å². The smallest absolute Gasteiger partial charge is 0.412 e. The second-order valence-corrected chi connectivity index (χ2v) is 8.29. The third kappa shape index (κ3) is 5.50. The first-order chi connectivity index (χ1) is 13.5. The number of alkyl carbamates (subject to hydrolysis) is 1. The van der Waals surface area contributed by atoms with Crippen molar-refractivity contribution in [3.63, 3.8) is 0 Å². The minimum Gasteiger partial charge on any atom is -0.461 e. The maximum absolute atomic E-state index is 12.5. The highest BCUT2D eigenvalue weighted by atomic mass is 16.6. The number of allylic oxidation sites excluding steroid dienone is 1. The van der Waals surface area contributed by atoms with Gasteiger partial charge in [-0.1, -0.05) is 38.1 Å². The van der Waals surface area contributed by atoms with Crippen LogP contribution in [0.1, 0.15) is 52.8 Å². The van der Waals surface area contributed by atoms with Crippen LogP contribution in [0.3, 0.4) is 0 Å². The van der Waals surface area contributed by atoms with Gasteiger partial charge in [0.05, 0.1) is 6.61 Å². The lowest BCUT2D eigenvalue weighted by Crippen LogP contribution is -2.34. The molecule has 1 heterocycles. The molecule has 0 bridgehead atoms. The lowest BCUT2D eigenvalue weighted by atomic mass is 9.86. The predicted molar refractivity (Wildman–Crippen MR) is 116 cm³/mol. The lowest BCUT2D eigenvalue weighted by molar-refractivity contribution is -0.138. The number of hydrogen-bond acceptors (Lipinski definition) is 4. The predicted octanol–water partition coefficient (Wildman–Crippen LogP) is 5.06. The Morgan fingerprint density at radius 2 is 1.83 bits per heavy atom. The van der Waals surface area contributed by atoms with Crippen LogP contribution >= 0.6 is 0 Å². The van der Waals surface area contributed by atoms with Crippen LogP contribution in [-0.2, 0) is 19.7 Å². The molecule has 0 spiro atoms. The van der Waals surface area contributed by atoms with Gasteiger partial charge in [0, 0.05) is 27.6 Å². The van der Waals surface area contributed by atoms with Crippen LogP contribution in [0.25, 0.3) is 17.0 Å². The standard InChI is InChI=1S/C23H30N2O4/c1-8-23(6,7)19-16(15-12-10-11-13-17(15)24-19)14-18(20(26)28-9-2)25-21(27)29-22(3,4)5/h8,10-14,24H,1,9H2,2-7H3,(H,25,27)/b18-14-. The number of hydrogen-bond donors (Lipinski definition) is 2. The van der Waals surface area contributed by atoms with Crippen molar-refractivity contribution in [1.82, 2.24) is 10.3 Å². The van der Waals surface area contributed by atoms with E-state index in [0.29, 0.717) is 0 Å². The van der Waals surface area contributed by atoms with Crippen LogP contribution in [0.15, 0.2) is 42.6 Å². The Labute approximate surface area is 172 Å². The minimum atomic E-state index is -0.721. The summed E-state index contributed by atoms with van der Waals surface area (Å²) in [5, 5.41) is 3.46. The molecule has 0 aliphatic heterocycles. The number of carbonyl (C=O) groups is 2. The molecular formula is C23H30N2O4. The van der Waals surface area contributed by atoms with Crippen LogP contribution in [0, 0.1) is 0 Å². The molecule has 0 atom stereocenters. The van der Waals surface area contributed by atoms with Gasteiger partial charge in [-0.2, -0.15) is 0 Å². The monoisotopic (exact) mass is 398 g/mol. The normalized spacial score (nSPS) is 12.6. The SMILES string of the molecule is C=CC(C)(C)c1[nH]c2ccccc2c1/C=C(\NC(=O)OC(C)(C)C)C(=O)OCC. The maximum Gasteiger partial charge on any atom is 0.412 e. The van der Waals surface area contributed by atoms with E-state index in [4.69, 9.17) is 9.47 Å². The van der Waals surface area contributed by atoms with Gasteiger partial charge in [0.2, 0.25) is 0 Å². The number of aromatic nitrogens is 1. The van der Waals surface area contributed by atoms with E-state index in [1.165, 1.54) is 0 Å². The Balaban J connectivity index is 2.61. The van der Waals surface area contributed by atoms with Gasteiger partial charge in [-0.05, 0) is 39.8 Å². The number of aromatic amines is 1. The molecule has 6 heteroatoms. The molecule has 1 aromatic heterocycles. The van der Waals surface area contributed by atoms with Crippen LogP contribution in [0.5, 0.6) is 0 Å². The number of rotatable bonds is 6. The van der Waals surface area contributed by atoms with E-state index in [9.17, 15) is 9.59 Å². The average Bonchev–Trinajstić information content (AvgIpc) is 2.99. The summed E-state index contributed by atoms with van der Waals surface area (Å²) in [6.07, 6.45) is 2.74. The molecule has 0 saturated heterocycles. The fourth-order valence-electron chi connectivity index (χ4n) is 2.84. The van der Waals surface area contributed by atoms with Crippen molar-refractivity contribution in [2.24, 2.45) is 0 Å². The van der Waals surface area contributed by atoms with E-state index < -0.39 is 23.1 Å². The Morgan fingerprint density at radius 3 is 2.41 bits per heavy atom. The molecule has 0 radical (unpaired) electrons. The molecule has 0 aliphatic carbocycles. The molecule has 6 nitrogen and oxygen atoms in total. The average molecular weight is 399 g/mol. The number of nitrogens with one attached hydrogen (secondary N) is 2. The van der Waals surface area contributed by atoms with Gasteiger partial charge in [-0.3, -0.25) is 5.32 Å². The molecule has 1 aromatic carbocycles. The second-order valence-electron chi connectivity index (χ2n) is 8.29. The highest BCUT2D eigenvalue weighted by Gasteiger charge is 2.26. The molecule has 2 N–H and O–H groups in total. The van der Waals surface area contributed by atoms with Gasteiger partial charge in [0.25, 0.3) is 0 Å². The minimum absolute atomic E-state index is 0.00645. The van der Waals surface area contributed by atoms with Crippen molar-refractivity contribution < 1.29 is 19.1 Å². The fourth-order valence-corrected chi connectivity index (χ4v) is 2.84. The third-order valence-electron chi connectivity index (χ3n) is 4.32. The van der Waals surface area contributed by atoms with Gasteiger partial charge >= 0.3 is 12.1 Å². The summed E-state index contributed by atoms with van der Waals surface area (Å²) in [6, 6.07) is 7.77. The number of carbonyl (C=O) groups excluding carboxylic acids is 2. The van der Waals surface area contributed by atoms with E-state index in [2.05, 4.69) is 16.9 Å². The Morgan fingerprint density at radius 1 is 1.17 bits per heavy atom. The summed E-state index contributed by atoms with van der Waals surface area (Å²) in [5.74, 6) is -0.633. The van der Waals surface area contributed by atoms with E-state index in [1.807, 2.05) is 44.2 Å². The molecule has 2 rings (SSSR count). The van der Waals surface area contributed by atoms with Crippen molar-refractivity contribution in [1.29, 1.82) is 0 Å². The number of amides is 1. The molecule has 0 fully saturated rings. The van der Waals surface area contributed by atoms with Gasteiger partial charge in [0.15, 0.2) is 0 Å². The topological polar surface area (TPSA) is 80.4 Å². The lowest BCUT2D eigenvalue weighted by Gasteiger charge is -2.21. The first kappa shape index (κ1) is 22.3. The van der Waals surface area contributed by atoms with Crippen molar-refractivity contribution in [2.45, 2.75) is 52.6 Å². The molecule has 0 unspecified atom stereocenters. The molecule has 1 amide bonds. The van der Waals surface area contributed by atoms with Gasteiger partial charge in [0.1, 0.15) is 11.3 Å². The summed E-state index contributed by atoms with van der Waals surface area (Å²) in [7, 11) is 0. The van der Waals surface area contributed by atoms with Crippen LogP contribution in [-0.4, -0.2) is 29.3 Å². The number of H-pyrrole nitrogens is 1. The number of esters is 1. The first-order valence-corrected chi connectivity index (χ1v) is 9.62. The highest BCUT2D eigenvalue weighted by molar-refractivity contribution is 6.01. The van der Waals surface area contributed by atoms with E-state index in [0.717, 1.165) is 22.2 Å². The summed E-state index contributed by atoms with van der Waals surface area (Å²) >= 11 is 0. The molecular weight excluding hydrogens is 368 g/mol. The van der Waals surface area contributed by atoms with Gasteiger partial charge in [-0.15, -0.1) is 6.58 Å². The van der Waals surface area contributed by atoms with Crippen molar-refractivity contribution in [3.8, 4) is 0 Å². The zero-order chi connectivity index (χ0) is 21.8. The molecule has 0 saturated carbocycles. The van der Waals surface area contributed by atoms with E-state index in [-0.39, 0.29) is 12.3 Å². The summed E-state index contributed by atoms with van der Waals surface area (Å²) in [5.41, 5.74) is 1.50. The third-order valence-corrected chi connectivity index (χ3v) is 4.32. The summed E-state index contributed by atoms with van der Waals surface area (Å²) in [4.78, 5) is 28.3. The number of para-hydroxylation sites is 1. The van der Waals surface area contributed by atoms with Gasteiger partial charge < -0.3 is 14.5 Å². The van der Waals surface area contributed by atoms with E-state index in [1.54, 1.807) is 33.8 Å². The maximum atomic E-state index is 12.5.